The van der Waals surface area contributed by atoms with Crippen LogP contribution < -0.4 is 11.3 Å². The van der Waals surface area contributed by atoms with E-state index >= 15 is 0 Å². The average Bonchev–Trinajstić information content (AvgIpc) is 2.82. The molecular weight excluding hydrogens is 204 g/mol. The molecule has 1 heterocycles. The molecular formula is C12H26N2O2. The molecule has 0 amide bonds. The second kappa shape index (κ2) is 6.55. The minimum atomic E-state index is -0.151. The zero-order chi connectivity index (χ0) is 12.0. The smallest absolute Gasteiger partial charge is 0.0846 e. The van der Waals surface area contributed by atoms with Gasteiger partial charge in [0.1, 0.15) is 0 Å². The number of ether oxygens (including phenoxy) is 2. The van der Waals surface area contributed by atoms with E-state index in [1.165, 1.54) is 0 Å². The van der Waals surface area contributed by atoms with Gasteiger partial charge < -0.3 is 9.47 Å². The van der Waals surface area contributed by atoms with Crippen molar-refractivity contribution in [2.45, 2.75) is 51.7 Å². The Hall–Kier alpha value is -0.160. The van der Waals surface area contributed by atoms with Gasteiger partial charge in [0.05, 0.1) is 18.2 Å². The normalized spacial score (nSPS) is 23.6. The standard InChI is InChI=1S/C12H26N2O2/c1-4-12(5-2,16-6-3)11(14-13)10-7-8-15-9-10/h10-11,14H,4-9,13H2,1-3H3. The first-order valence-electron chi connectivity index (χ1n) is 6.41. The van der Waals surface area contributed by atoms with Crippen LogP contribution in [0, 0.1) is 5.92 Å². The molecule has 1 rings (SSSR count). The molecule has 1 fully saturated rings. The SMILES string of the molecule is CCOC(CC)(CC)C(NN)C1CCOC1. The van der Waals surface area contributed by atoms with Crippen LogP contribution in [0.5, 0.6) is 0 Å². The summed E-state index contributed by atoms with van der Waals surface area (Å²) in [6.07, 6.45) is 3.02. The third-order valence-electron chi connectivity index (χ3n) is 3.81. The summed E-state index contributed by atoms with van der Waals surface area (Å²) in [7, 11) is 0. The fourth-order valence-electron chi connectivity index (χ4n) is 2.80. The Bertz CT molecular complexity index is 189. The van der Waals surface area contributed by atoms with Gasteiger partial charge in [-0.1, -0.05) is 13.8 Å². The Balaban J connectivity index is 2.78. The van der Waals surface area contributed by atoms with Crippen molar-refractivity contribution < 1.29 is 9.47 Å². The third-order valence-corrected chi connectivity index (χ3v) is 3.81. The summed E-state index contributed by atoms with van der Waals surface area (Å²) in [5.41, 5.74) is 2.82. The van der Waals surface area contributed by atoms with Crippen LogP contribution in [0.25, 0.3) is 0 Å². The highest BCUT2D eigenvalue weighted by molar-refractivity contribution is 4.95. The quantitative estimate of drug-likeness (QED) is 0.513. The molecule has 0 radical (unpaired) electrons. The van der Waals surface area contributed by atoms with Gasteiger partial charge in [-0.15, -0.1) is 0 Å². The topological polar surface area (TPSA) is 56.5 Å². The first-order chi connectivity index (χ1) is 7.74. The van der Waals surface area contributed by atoms with Crippen LogP contribution in [0.1, 0.15) is 40.0 Å². The Kier molecular flexibility index (Phi) is 5.69. The fourth-order valence-corrected chi connectivity index (χ4v) is 2.80. The third kappa shape index (κ3) is 2.74. The summed E-state index contributed by atoms with van der Waals surface area (Å²) in [5, 5.41) is 0. The van der Waals surface area contributed by atoms with E-state index in [9.17, 15) is 0 Å². The lowest BCUT2D eigenvalue weighted by Gasteiger charge is -2.41. The van der Waals surface area contributed by atoms with Crippen molar-refractivity contribution in [3.63, 3.8) is 0 Å². The van der Waals surface area contributed by atoms with E-state index < -0.39 is 0 Å². The molecule has 2 unspecified atom stereocenters. The lowest BCUT2D eigenvalue weighted by molar-refractivity contribution is -0.0859. The first kappa shape index (κ1) is 13.9. The van der Waals surface area contributed by atoms with Crippen molar-refractivity contribution in [2.75, 3.05) is 19.8 Å². The van der Waals surface area contributed by atoms with Crippen LogP contribution in [0.15, 0.2) is 0 Å². The predicted molar refractivity (Wildman–Crippen MR) is 65.0 cm³/mol. The van der Waals surface area contributed by atoms with Gasteiger partial charge in [0.25, 0.3) is 0 Å². The van der Waals surface area contributed by atoms with Crippen LogP contribution in [0.2, 0.25) is 0 Å². The van der Waals surface area contributed by atoms with Crippen molar-refractivity contribution in [3.8, 4) is 0 Å². The minimum absolute atomic E-state index is 0.151. The summed E-state index contributed by atoms with van der Waals surface area (Å²) in [6, 6.07) is 0.185. The summed E-state index contributed by atoms with van der Waals surface area (Å²) < 4.78 is 11.4. The summed E-state index contributed by atoms with van der Waals surface area (Å²) in [4.78, 5) is 0. The molecule has 0 aromatic carbocycles. The van der Waals surface area contributed by atoms with Crippen molar-refractivity contribution >= 4 is 0 Å². The fraction of sp³-hybridized carbons (Fsp3) is 1.00. The number of nitrogens with two attached hydrogens (primary N) is 1. The van der Waals surface area contributed by atoms with E-state index in [0.717, 1.165) is 39.1 Å². The van der Waals surface area contributed by atoms with Crippen molar-refractivity contribution in [3.05, 3.63) is 0 Å². The number of hydrogen-bond donors (Lipinski definition) is 2. The van der Waals surface area contributed by atoms with Crippen molar-refractivity contribution in [1.82, 2.24) is 5.43 Å². The molecule has 0 aromatic rings. The molecule has 96 valence electrons. The van der Waals surface area contributed by atoms with E-state index in [4.69, 9.17) is 15.3 Å². The summed E-state index contributed by atoms with van der Waals surface area (Å²) >= 11 is 0. The Labute approximate surface area is 98.8 Å². The minimum Gasteiger partial charge on any atom is -0.381 e. The largest absolute Gasteiger partial charge is 0.381 e. The molecule has 1 aliphatic rings. The lowest BCUT2D eigenvalue weighted by Crippen LogP contribution is -2.58. The molecule has 3 N–H and O–H groups in total. The molecule has 4 heteroatoms. The number of rotatable bonds is 7. The van der Waals surface area contributed by atoms with Gasteiger partial charge in [0, 0.05) is 19.1 Å². The van der Waals surface area contributed by atoms with Gasteiger partial charge >= 0.3 is 0 Å². The molecule has 0 aliphatic carbocycles. The second-order valence-corrected chi connectivity index (χ2v) is 4.47. The number of nitrogens with one attached hydrogen (secondary N) is 1. The summed E-state index contributed by atoms with van der Waals surface area (Å²) in [6.45, 7) is 8.74. The Morgan fingerprint density at radius 1 is 1.44 bits per heavy atom. The van der Waals surface area contributed by atoms with Gasteiger partial charge in [0.2, 0.25) is 0 Å². The average molecular weight is 230 g/mol. The molecule has 1 aliphatic heterocycles. The highest BCUT2D eigenvalue weighted by Crippen LogP contribution is 2.32. The van der Waals surface area contributed by atoms with E-state index in [1.807, 2.05) is 6.92 Å². The van der Waals surface area contributed by atoms with E-state index in [0.29, 0.717) is 5.92 Å². The van der Waals surface area contributed by atoms with E-state index in [2.05, 4.69) is 19.3 Å². The molecule has 0 bridgehead atoms. The van der Waals surface area contributed by atoms with Gasteiger partial charge in [-0.2, -0.15) is 0 Å². The summed E-state index contributed by atoms with van der Waals surface area (Å²) in [5.74, 6) is 6.20. The van der Waals surface area contributed by atoms with Crippen LogP contribution >= 0.6 is 0 Å². The van der Waals surface area contributed by atoms with Crippen LogP contribution in [-0.2, 0) is 9.47 Å². The number of hydrazine groups is 1. The maximum Gasteiger partial charge on any atom is 0.0846 e. The molecule has 0 spiro atoms. The zero-order valence-electron chi connectivity index (χ0n) is 10.8. The lowest BCUT2D eigenvalue weighted by atomic mass is 9.80. The Morgan fingerprint density at radius 3 is 2.50 bits per heavy atom. The molecule has 2 atom stereocenters. The van der Waals surface area contributed by atoms with Gasteiger partial charge in [0.15, 0.2) is 0 Å². The molecule has 0 aromatic heterocycles. The highest BCUT2D eigenvalue weighted by atomic mass is 16.5. The molecule has 4 nitrogen and oxygen atoms in total. The van der Waals surface area contributed by atoms with Crippen LogP contribution in [0.4, 0.5) is 0 Å². The number of hydrogen-bond acceptors (Lipinski definition) is 4. The zero-order valence-corrected chi connectivity index (χ0v) is 10.8. The monoisotopic (exact) mass is 230 g/mol. The highest BCUT2D eigenvalue weighted by Gasteiger charge is 2.41. The Morgan fingerprint density at radius 2 is 2.12 bits per heavy atom. The van der Waals surface area contributed by atoms with Crippen molar-refractivity contribution in [1.29, 1.82) is 0 Å². The predicted octanol–water partition coefficient (Wildman–Crippen LogP) is 1.45. The maximum atomic E-state index is 6.00. The van der Waals surface area contributed by atoms with Gasteiger partial charge in [-0.05, 0) is 26.2 Å². The first-order valence-corrected chi connectivity index (χ1v) is 6.41. The second-order valence-electron chi connectivity index (χ2n) is 4.47. The molecule has 0 saturated carbocycles. The van der Waals surface area contributed by atoms with Crippen LogP contribution in [0.3, 0.4) is 0 Å². The molecule has 1 saturated heterocycles. The van der Waals surface area contributed by atoms with E-state index in [-0.39, 0.29) is 11.6 Å². The van der Waals surface area contributed by atoms with Gasteiger partial charge in [-0.3, -0.25) is 11.3 Å². The van der Waals surface area contributed by atoms with Crippen LogP contribution in [-0.4, -0.2) is 31.5 Å². The van der Waals surface area contributed by atoms with Crippen molar-refractivity contribution in [2.24, 2.45) is 11.8 Å². The van der Waals surface area contributed by atoms with Gasteiger partial charge in [-0.25, -0.2) is 0 Å². The van der Waals surface area contributed by atoms with E-state index in [1.54, 1.807) is 0 Å². The maximum absolute atomic E-state index is 6.00. The molecule has 16 heavy (non-hydrogen) atoms.